The van der Waals surface area contributed by atoms with Crippen LogP contribution in [0.4, 0.5) is 0 Å². The molecular formula is C13H25NO3. The van der Waals surface area contributed by atoms with Crippen molar-refractivity contribution in [1.29, 1.82) is 0 Å². The highest BCUT2D eigenvalue weighted by Gasteiger charge is 2.37. The predicted octanol–water partition coefficient (Wildman–Crippen LogP) is 1.73. The number of carbonyl (C=O) groups is 2. The standard InChI is InChI=1S/C13H25NO3/c1-7-17-12(16)13(4,5)11(15)9-14(6)8-10(2)3/h10H,7-9H2,1-6H3. The number of ketones is 1. The molecule has 0 spiro atoms. The maximum atomic E-state index is 12.0. The zero-order valence-corrected chi connectivity index (χ0v) is 11.9. The normalized spacial score (nSPS) is 12.0. The van der Waals surface area contributed by atoms with Crippen LogP contribution in [0.5, 0.6) is 0 Å². The predicted molar refractivity (Wildman–Crippen MR) is 67.8 cm³/mol. The lowest BCUT2D eigenvalue weighted by atomic mass is 9.88. The topological polar surface area (TPSA) is 46.6 Å². The highest BCUT2D eigenvalue weighted by atomic mass is 16.5. The molecule has 0 heterocycles. The number of carbonyl (C=O) groups excluding carboxylic acids is 2. The van der Waals surface area contributed by atoms with Crippen LogP contribution < -0.4 is 0 Å². The summed E-state index contributed by atoms with van der Waals surface area (Å²) in [6.45, 7) is 10.6. The summed E-state index contributed by atoms with van der Waals surface area (Å²) in [5.41, 5.74) is -1.05. The minimum Gasteiger partial charge on any atom is -0.465 e. The smallest absolute Gasteiger partial charge is 0.319 e. The third-order valence-electron chi connectivity index (χ3n) is 2.57. The molecule has 0 aromatic rings. The summed E-state index contributed by atoms with van der Waals surface area (Å²) in [5.74, 6) is -0.0412. The molecule has 0 aliphatic carbocycles. The number of nitrogens with zero attached hydrogens (tertiary/aromatic N) is 1. The molecule has 0 saturated carbocycles. The number of hydrogen-bond acceptors (Lipinski definition) is 4. The average molecular weight is 243 g/mol. The van der Waals surface area contributed by atoms with Crippen molar-refractivity contribution in [2.45, 2.75) is 34.6 Å². The number of hydrogen-bond donors (Lipinski definition) is 0. The van der Waals surface area contributed by atoms with E-state index in [0.29, 0.717) is 12.5 Å². The van der Waals surface area contributed by atoms with E-state index < -0.39 is 11.4 Å². The minimum absolute atomic E-state index is 0.0981. The summed E-state index contributed by atoms with van der Waals surface area (Å²) < 4.78 is 4.91. The van der Waals surface area contributed by atoms with Crippen LogP contribution in [0.2, 0.25) is 0 Å². The van der Waals surface area contributed by atoms with E-state index in [2.05, 4.69) is 13.8 Å². The molecule has 0 bridgehead atoms. The third-order valence-corrected chi connectivity index (χ3v) is 2.57. The summed E-state index contributed by atoms with van der Waals surface area (Å²) in [5, 5.41) is 0. The SMILES string of the molecule is CCOC(=O)C(C)(C)C(=O)CN(C)CC(C)C. The Balaban J connectivity index is 4.43. The number of likely N-dealkylation sites (N-methyl/N-ethyl adjacent to an activating group) is 1. The lowest BCUT2D eigenvalue weighted by Crippen LogP contribution is -2.42. The zero-order valence-electron chi connectivity index (χ0n) is 11.9. The zero-order chi connectivity index (χ0) is 13.6. The van der Waals surface area contributed by atoms with Crippen LogP contribution in [0.15, 0.2) is 0 Å². The van der Waals surface area contributed by atoms with Gasteiger partial charge in [-0.05, 0) is 33.7 Å². The fourth-order valence-corrected chi connectivity index (χ4v) is 1.56. The summed E-state index contributed by atoms with van der Waals surface area (Å²) >= 11 is 0. The first-order chi connectivity index (χ1) is 7.71. The summed E-state index contributed by atoms with van der Waals surface area (Å²) in [4.78, 5) is 25.6. The van der Waals surface area contributed by atoms with E-state index in [-0.39, 0.29) is 12.3 Å². The van der Waals surface area contributed by atoms with E-state index >= 15 is 0 Å². The highest BCUT2D eigenvalue weighted by Crippen LogP contribution is 2.19. The van der Waals surface area contributed by atoms with Gasteiger partial charge in [-0.2, -0.15) is 0 Å². The molecule has 0 rings (SSSR count). The molecule has 4 nitrogen and oxygen atoms in total. The van der Waals surface area contributed by atoms with Gasteiger partial charge in [0, 0.05) is 6.54 Å². The van der Waals surface area contributed by atoms with E-state index in [0.717, 1.165) is 6.54 Å². The number of ether oxygens (including phenoxy) is 1. The molecule has 0 unspecified atom stereocenters. The van der Waals surface area contributed by atoms with Crippen LogP contribution >= 0.6 is 0 Å². The Bertz CT molecular complexity index is 272. The van der Waals surface area contributed by atoms with Crippen molar-refractivity contribution in [2.24, 2.45) is 11.3 Å². The molecule has 0 saturated heterocycles. The average Bonchev–Trinajstić information content (AvgIpc) is 2.16. The fraction of sp³-hybridized carbons (Fsp3) is 0.846. The van der Waals surface area contributed by atoms with Crippen molar-refractivity contribution in [2.75, 3.05) is 26.7 Å². The largest absolute Gasteiger partial charge is 0.465 e. The maximum absolute atomic E-state index is 12.0. The molecule has 4 heteroatoms. The molecular weight excluding hydrogens is 218 g/mol. The van der Waals surface area contributed by atoms with Gasteiger partial charge in [-0.25, -0.2) is 0 Å². The van der Waals surface area contributed by atoms with E-state index in [1.54, 1.807) is 20.8 Å². The molecule has 0 aliphatic heterocycles. The Kier molecular flexibility index (Phi) is 6.39. The van der Waals surface area contributed by atoms with Gasteiger partial charge in [0.15, 0.2) is 5.78 Å². The molecule has 0 aliphatic rings. The van der Waals surface area contributed by atoms with Gasteiger partial charge in [-0.15, -0.1) is 0 Å². The molecule has 0 amide bonds. The maximum Gasteiger partial charge on any atom is 0.319 e. The van der Waals surface area contributed by atoms with E-state index in [9.17, 15) is 9.59 Å². The monoisotopic (exact) mass is 243 g/mol. The van der Waals surface area contributed by atoms with Gasteiger partial charge in [0.25, 0.3) is 0 Å². The second-order valence-electron chi connectivity index (χ2n) is 5.36. The van der Waals surface area contributed by atoms with Gasteiger partial charge in [0.2, 0.25) is 0 Å². The van der Waals surface area contributed by atoms with Gasteiger partial charge >= 0.3 is 5.97 Å². The molecule has 100 valence electrons. The quantitative estimate of drug-likeness (QED) is 0.504. The molecule has 0 aromatic carbocycles. The highest BCUT2D eigenvalue weighted by molar-refractivity contribution is 6.03. The lowest BCUT2D eigenvalue weighted by molar-refractivity contribution is -0.158. The summed E-state index contributed by atoms with van der Waals surface area (Å²) in [7, 11) is 1.89. The van der Waals surface area contributed by atoms with Crippen molar-refractivity contribution in [3.8, 4) is 0 Å². The van der Waals surface area contributed by atoms with Crippen molar-refractivity contribution in [3.05, 3.63) is 0 Å². The molecule has 0 aromatic heterocycles. The van der Waals surface area contributed by atoms with Crippen LogP contribution in [0.25, 0.3) is 0 Å². The van der Waals surface area contributed by atoms with Crippen molar-refractivity contribution >= 4 is 11.8 Å². The Labute approximate surface area is 104 Å². The third kappa shape index (κ3) is 5.31. The minimum atomic E-state index is -1.05. The molecule has 0 radical (unpaired) electrons. The molecule has 17 heavy (non-hydrogen) atoms. The summed E-state index contributed by atoms with van der Waals surface area (Å²) in [6, 6.07) is 0. The van der Waals surface area contributed by atoms with Gasteiger partial charge < -0.3 is 4.74 Å². The van der Waals surface area contributed by atoms with Crippen LogP contribution in [0.1, 0.15) is 34.6 Å². The van der Waals surface area contributed by atoms with Crippen LogP contribution in [0, 0.1) is 11.3 Å². The lowest BCUT2D eigenvalue weighted by Gasteiger charge is -2.25. The Morgan fingerprint density at radius 1 is 1.29 bits per heavy atom. The molecule has 0 N–H and O–H groups in total. The number of rotatable bonds is 7. The van der Waals surface area contributed by atoms with Crippen LogP contribution in [0.3, 0.4) is 0 Å². The number of esters is 1. The number of Topliss-reactive ketones (excluding diaryl/α,β-unsaturated/α-hetero) is 1. The van der Waals surface area contributed by atoms with Gasteiger partial charge in [-0.3, -0.25) is 14.5 Å². The van der Waals surface area contributed by atoms with Crippen LogP contribution in [-0.2, 0) is 14.3 Å². The molecule has 0 atom stereocenters. The van der Waals surface area contributed by atoms with Crippen molar-refractivity contribution < 1.29 is 14.3 Å². The van der Waals surface area contributed by atoms with Crippen molar-refractivity contribution in [1.82, 2.24) is 4.90 Å². The molecule has 0 fully saturated rings. The Morgan fingerprint density at radius 2 is 1.82 bits per heavy atom. The second-order valence-corrected chi connectivity index (χ2v) is 5.36. The van der Waals surface area contributed by atoms with E-state index in [1.165, 1.54) is 0 Å². The first-order valence-corrected chi connectivity index (χ1v) is 6.10. The Morgan fingerprint density at radius 3 is 2.24 bits per heavy atom. The summed E-state index contributed by atoms with van der Waals surface area (Å²) in [6.07, 6.45) is 0. The van der Waals surface area contributed by atoms with E-state index in [4.69, 9.17) is 4.74 Å². The van der Waals surface area contributed by atoms with Gasteiger partial charge in [0.05, 0.1) is 13.2 Å². The van der Waals surface area contributed by atoms with Crippen LogP contribution in [-0.4, -0.2) is 43.4 Å². The fourth-order valence-electron chi connectivity index (χ4n) is 1.56. The van der Waals surface area contributed by atoms with Gasteiger partial charge in [-0.1, -0.05) is 13.8 Å². The van der Waals surface area contributed by atoms with Crippen molar-refractivity contribution in [3.63, 3.8) is 0 Å². The second kappa shape index (κ2) is 6.74. The first kappa shape index (κ1) is 16.1. The first-order valence-electron chi connectivity index (χ1n) is 6.10. The van der Waals surface area contributed by atoms with E-state index in [1.807, 2.05) is 11.9 Å². The van der Waals surface area contributed by atoms with Gasteiger partial charge in [0.1, 0.15) is 5.41 Å². The Hall–Kier alpha value is -0.900.